The number of nitro benzene ring substituents is 1. The normalized spacial score (nSPS) is 17.7. The molecule has 0 spiro atoms. The molecule has 0 bridgehead atoms. The summed E-state index contributed by atoms with van der Waals surface area (Å²) in [5.41, 5.74) is -0.0531. The van der Waals surface area contributed by atoms with Crippen LogP contribution in [0.4, 0.5) is 16.2 Å². The van der Waals surface area contributed by atoms with Crippen LogP contribution in [0.25, 0.3) is 0 Å². The number of nitro groups is 1. The monoisotopic (exact) mass is 322 g/mol. The lowest BCUT2D eigenvalue weighted by molar-refractivity contribution is -0.384. The molecule has 8 heteroatoms. The number of amides is 2. The van der Waals surface area contributed by atoms with E-state index in [1.54, 1.807) is 6.07 Å². The summed E-state index contributed by atoms with van der Waals surface area (Å²) in [4.78, 5) is 24.9. The van der Waals surface area contributed by atoms with Crippen molar-refractivity contribution in [3.05, 3.63) is 28.3 Å². The number of likely N-dealkylation sites (tertiary alicyclic amines) is 1. The van der Waals surface area contributed by atoms with Gasteiger partial charge in [0.2, 0.25) is 0 Å². The summed E-state index contributed by atoms with van der Waals surface area (Å²) in [6, 6.07) is 4.20. The Kier molecular flexibility index (Phi) is 5.75. The number of hydrogen-bond acceptors (Lipinski definition) is 5. The summed E-state index contributed by atoms with van der Waals surface area (Å²) in [5, 5.41) is 16.4. The van der Waals surface area contributed by atoms with E-state index in [1.807, 2.05) is 0 Å². The summed E-state index contributed by atoms with van der Waals surface area (Å²) < 4.78 is 4.97. The Morgan fingerprint density at radius 2 is 2.30 bits per heavy atom. The molecule has 2 amide bonds. The van der Waals surface area contributed by atoms with Gasteiger partial charge in [-0.15, -0.1) is 0 Å². The van der Waals surface area contributed by atoms with Gasteiger partial charge in [0.05, 0.1) is 18.1 Å². The van der Waals surface area contributed by atoms with Crippen molar-refractivity contribution >= 4 is 17.4 Å². The molecular weight excluding hydrogens is 300 g/mol. The number of rotatable bonds is 6. The third-order valence-corrected chi connectivity index (χ3v) is 4.05. The topological polar surface area (TPSA) is 96.7 Å². The van der Waals surface area contributed by atoms with E-state index in [4.69, 9.17) is 4.74 Å². The number of likely N-dealkylation sites (N-methyl/N-ethyl adjacent to an activating group) is 1. The number of hydrogen-bond donors (Lipinski definition) is 2. The largest absolute Gasteiger partial charge is 0.496 e. The average molecular weight is 322 g/mol. The Balaban J connectivity index is 1.96. The van der Waals surface area contributed by atoms with Crippen molar-refractivity contribution in [3.63, 3.8) is 0 Å². The summed E-state index contributed by atoms with van der Waals surface area (Å²) in [6.45, 7) is 4.63. The van der Waals surface area contributed by atoms with Crippen molar-refractivity contribution in [1.82, 2.24) is 10.2 Å². The SMILES string of the molecule is CCN1CCC[C@H]1CNC(=O)Nc1ccc(OC)cc1[N+](=O)[O-]. The smallest absolute Gasteiger partial charge is 0.319 e. The first-order valence-corrected chi connectivity index (χ1v) is 7.66. The van der Waals surface area contributed by atoms with Crippen LogP contribution in [-0.2, 0) is 0 Å². The van der Waals surface area contributed by atoms with Crippen LogP contribution in [0.5, 0.6) is 5.75 Å². The van der Waals surface area contributed by atoms with Crippen molar-refractivity contribution in [2.75, 3.05) is 32.1 Å². The lowest BCUT2D eigenvalue weighted by atomic mass is 10.2. The zero-order valence-corrected chi connectivity index (χ0v) is 13.4. The molecule has 0 aliphatic carbocycles. The minimum absolute atomic E-state index is 0.145. The van der Waals surface area contributed by atoms with Gasteiger partial charge in [-0.2, -0.15) is 0 Å². The van der Waals surface area contributed by atoms with Crippen molar-refractivity contribution in [3.8, 4) is 5.75 Å². The van der Waals surface area contributed by atoms with Crippen molar-refractivity contribution < 1.29 is 14.5 Å². The second-order valence-corrected chi connectivity index (χ2v) is 5.40. The summed E-state index contributed by atoms with van der Waals surface area (Å²) in [7, 11) is 1.43. The number of carbonyl (C=O) groups is 1. The van der Waals surface area contributed by atoms with Gasteiger partial charge < -0.3 is 15.4 Å². The van der Waals surface area contributed by atoms with Gasteiger partial charge in [-0.3, -0.25) is 15.0 Å². The molecule has 1 fully saturated rings. The highest BCUT2D eigenvalue weighted by molar-refractivity contribution is 5.92. The fourth-order valence-corrected chi connectivity index (χ4v) is 2.81. The third-order valence-electron chi connectivity index (χ3n) is 4.05. The molecule has 0 unspecified atom stereocenters. The quantitative estimate of drug-likeness (QED) is 0.618. The second-order valence-electron chi connectivity index (χ2n) is 5.40. The number of methoxy groups -OCH3 is 1. The molecule has 1 aliphatic rings. The Hall–Kier alpha value is -2.35. The third kappa shape index (κ3) is 4.32. The molecule has 0 radical (unpaired) electrons. The highest BCUT2D eigenvalue weighted by Crippen LogP contribution is 2.28. The number of carbonyl (C=O) groups excluding carboxylic acids is 1. The Labute approximate surface area is 134 Å². The fourth-order valence-electron chi connectivity index (χ4n) is 2.81. The molecule has 1 saturated heterocycles. The van der Waals surface area contributed by atoms with Gasteiger partial charge in [0, 0.05) is 12.6 Å². The van der Waals surface area contributed by atoms with E-state index < -0.39 is 11.0 Å². The maximum Gasteiger partial charge on any atom is 0.319 e. The fraction of sp³-hybridized carbons (Fsp3) is 0.533. The lowest BCUT2D eigenvalue weighted by Gasteiger charge is -2.22. The van der Waals surface area contributed by atoms with Gasteiger partial charge in [0.1, 0.15) is 11.4 Å². The van der Waals surface area contributed by atoms with Crippen molar-refractivity contribution in [2.24, 2.45) is 0 Å². The number of nitrogens with zero attached hydrogens (tertiary/aromatic N) is 2. The Morgan fingerprint density at radius 1 is 1.52 bits per heavy atom. The molecule has 1 aliphatic heterocycles. The molecule has 1 aromatic carbocycles. The molecule has 2 N–H and O–H groups in total. The van der Waals surface area contributed by atoms with E-state index in [-0.39, 0.29) is 11.4 Å². The van der Waals surface area contributed by atoms with Crippen LogP contribution in [-0.4, -0.2) is 48.6 Å². The predicted octanol–water partition coefficient (Wildman–Crippen LogP) is 2.21. The molecule has 0 saturated carbocycles. The first-order valence-electron chi connectivity index (χ1n) is 7.66. The number of nitrogens with one attached hydrogen (secondary N) is 2. The maximum absolute atomic E-state index is 12.0. The van der Waals surface area contributed by atoms with Gasteiger partial charge >= 0.3 is 6.03 Å². The summed E-state index contributed by atoms with van der Waals surface area (Å²) in [6.07, 6.45) is 2.18. The predicted molar refractivity (Wildman–Crippen MR) is 86.9 cm³/mol. The molecule has 1 heterocycles. The van der Waals surface area contributed by atoms with E-state index in [9.17, 15) is 14.9 Å². The highest BCUT2D eigenvalue weighted by Gasteiger charge is 2.23. The number of anilines is 1. The minimum Gasteiger partial charge on any atom is -0.496 e. The molecular formula is C15H22N4O4. The van der Waals surface area contributed by atoms with Gasteiger partial charge in [0.25, 0.3) is 5.69 Å². The first-order chi connectivity index (χ1) is 11.0. The van der Waals surface area contributed by atoms with Gasteiger partial charge in [-0.05, 0) is 38.1 Å². The van der Waals surface area contributed by atoms with E-state index in [1.165, 1.54) is 19.2 Å². The molecule has 2 rings (SSSR count). The van der Waals surface area contributed by atoms with Crippen molar-refractivity contribution in [2.45, 2.75) is 25.8 Å². The van der Waals surface area contributed by atoms with Crippen LogP contribution >= 0.6 is 0 Å². The average Bonchev–Trinajstić information content (AvgIpc) is 3.00. The van der Waals surface area contributed by atoms with Crippen LogP contribution in [0, 0.1) is 10.1 Å². The molecule has 23 heavy (non-hydrogen) atoms. The molecule has 1 aromatic rings. The first kappa shape index (κ1) is 17.0. The van der Waals surface area contributed by atoms with Gasteiger partial charge in [-0.25, -0.2) is 4.79 Å². The summed E-state index contributed by atoms with van der Waals surface area (Å²) in [5.74, 6) is 0.368. The van der Waals surface area contributed by atoms with E-state index in [0.29, 0.717) is 18.3 Å². The van der Waals surface area contributed by atoms with Crippen LogP contribution in [0.15, 0.2) is 18.2 Å². The molecule has 8 nitrogen and oxygen atoms in total. The number of urea groups is 1. The zero-order chi connectivity index (χ0) is 16.8. The minimum atomic E-state index is -0.548. The van der Waals surface area contributed by atoms with Crippen molar-refractivity contribution in [1.29, 1.82) is 0 Å². The number of benzene rings is 1. The van der Waals surface area contributed by atoms with E-state index in [0.717, 1.165) is 25.9 Å². The zero-order valence-electron chi connectivity index (χ0n) is 13.4. The van der Waals surface area contributed by atoms with Gasteiger partial charge in [-0.1, -0.05) is 6.92 Å². The summed E-state index contributed by atoms with van der Waals surface area (Å²) >= 11 is 0. The van der Waals surface area contributed by atoms with Crippen LogP contribution in [0.2, 0.25) is 0 Å². The molecule has 126 valence electrons. The van der Waals surface area contributed by atoms with Gasteiger partial charge in [0.15, 0.2) is 0 Å². The Morgan fingerprint density at radius 3 is 2.96 bits per heavy atom. The molecule has 0 aromatic heterocycles. The van der Waals surface area contributed by atoms with E-state index in [2.05, 4.69) is 22.5 Å². The van der Waals surface area contributed by atoms with Crippen LogP contribution < -0.4 is 15.4 Å². The Bertz CT molecular complexity index is 579. The maximum atomic E-state index is 12.0. The highest BCUT2D eigenvalue weighted by atomic mass is 16.6. The molecule has 1 atom stereocenters. The van der Waals surface area contributed by atoms with Crippen LogP contribution in [0.3, 0.4) is 0 Å². The lowest BCUT2D eigenvalue weighted by Crippen LogP contribution is -2.41. The standard InChI is InChI=1S/C15H22N4O4/c1-3-18-8-4-5-11(18)10-16-15(20)17-13-7-6-12(23-2)9-14(13)19(21)22/h6-7,9,11H,3-5,8,10H2,1-2H3,(H2,16,17,20)/t11-/m0/s1. The van der Waals surface area contributed by atoms with Crippen LogP contribution in [0.1, 0.15) is 19.8 Å². The second kappa shape index (κ2) is 7.77. The van der Waals surface area contributed by atoms with E-state index >= 15 is 0 Å². The number of ether oxygens (including phenoxy) is 1.